The standard InChI is InChI=1S/C15H29N3O/c1-10-7-13(5-6-14(10)16)15(19)18-8-11(2)17(4)12(3)9-18/h10-14H,5-9,16H2,1-4H3. The van der Waals surface area contributed by atoms with Crippen molar-refractivity contribution in [3.05, 3.63) is 0 Å². The fraction of sp³-hybridized carbons (Fsp3) is 0.933. The van der Waals surface area contributed by atoms with Crippen LogP contribution in [0.2, 0.25) is 0 Å². The second kappa shape index (κ2) is 5.80. The van der Waals surface area contributed by atoms with Crippen molar-refractivity contribution >= 4 is 5.91 Å². The van der Waals surface area contributed by atoms with E-state index in [1.807, 2.05) is 0 Å². The highest BCUT2D eigenvalue weighted by Crippen LogP contribution is 2.30. The summed E-state index contributed by atoms with van der Waals surface area (Å²) < 4.78 is 0. The molecule has 4 nitrogen and oxygen atoms in total. The minimum absolute atomic E-state index is 0.206. The lowest BCUT2D eigenvalue weighted by molar-refractivity contribution is -0.141. The lowest BCUT2D eigenvalue weighted by Gasteiger charge is -2.44. The number of hydrogen-bond donors (Lipinski definition) is 1. The van der Waals surface area contributed by atoms with Gasteiger partial charge in [-0.05, 0) is 46.1 Å². The van der Waals surface area contributed by atoms with Crippen molar-refractivity contribution in [3.8, 4) is 0 Å². The molecule has 4 heteroatoms. The summed E-state index contributed by atoms with van der Waals surface area (Å²) in [4.78, 5) is 17.1. The highest BCUT2D eigenvalue weighted by molar-refractivity contribution is 5.79. The third-order valence-electron chi connectivity index (χ3n) is 5.26. The van der Waals surface area contributed by atoms with Crippen LogP contribution < -0.4 is 5.73 Å². The molecule has 1 aliphatic carbocycles. The molecule has 1 heterocycles. The monoisotopic (exact) mass is 267 g/mol. The maximum Gasteiger partial charge on any atom is 0.225 e. The van der Waals surface area contributed by atoms with Crippen LogP contribution in [0.15, 0.2) is 0 Å². The lowest BCUT2D eigenvalue weighted by atomic mass is 9.78. The molecule has 1 saturated carbocycles. The third-order valence-corrected chi connectivity index (χ3v) is 5.26. The lowest BCUT2D eigenvalue weighted by Crippen LogP contribution is -2.57. The van der Waals surface area contributed by atoms with Gasteiger partial charge in [0.2, 0.25) is 5.91 Å². The first-order valence-corrected chi connectivity index (χ1v) is 7.66. The van der Waals surface area contributed by atoms with Crippen LogP contribution in [-0.2, 0) is 4.79 Å². The van der Waals surface area contributed by atoms with E-state index in [1.165, 1.54) is 0 Å². The van der Waals surface area contributed by atoms with E-state index in [9.17, 15) is 4.79 Å². The summed E-state index contributed by atoms with van der Waals surface area (Å²) in [7, 11) is 2.15. The molecule has 5 atom stereocenters. The Morgan fingerprint density at radius 3 is 2.21 bits per heavy atom. The Labute approximate surface area is 117 Å². The number of amides is 1. The van der Waals surface area contributed by atoms with Gasteiger partial charge in [0.1, 0.15) is 0 Å². The van der Waals surface area contributed by atoms with Gasteiger partial charge in [0, 0.05) is 37.1 Å². The fourth-order valence-corrected chi connectivity index (χ4v) is 3.49. The van der Waals surface area contributed by atoms with Crippen LogP contribution in [0, 0.1) is 11.8 Å². The van der Waals surface area contributed by atoms with Gasteiger partial charge in [0.25, 0.3) is 0 Å². The summed E-state index contributed by atoms with van der Waals surface area (Å²) >= 11 is 0. The molecular weight excluding hydrogens is 238 g/mol. The van der Waals surface area contributed by atoms with E-state index in [1.54, 1.807) is 0 Å². The largest absolute Gasteiger partial charge is 0.339 e. The van der Waals surface area contributed by atoms with Crippen molar-refractivity contribution < 1.29 is 4.79 Å². The van der Waals surface area contributed by atoms with E-state index in [-0.39, 0.29) is 12.0 Å². The van der Waals surface area contributed by atoms with Crippen molar-refractivity contribution in [2.24, 2.45) is 17.6 Å². The molecule has 2 N–H and O–H groups in total. The zero-order valence-electron chi connectivity index (χ0n) is 12.8. The highest BCUT2D eigenvalue weighted by atomic mass is 16.2. The van der Waals surface area contributed by atoms with E-state index >= 15 is 0 Å². The molecule has 0 spiro atoms. The molecule has 0 aromatic rings. The maximum atomic E-state index is 12.7. The van der Waals surface area contributed by atoms with Gasteiger partial charge in [-0.3, -0.25) is 9.69 Å². The predicted molar refractivity (Wildman–Crippen MR) is 77.7 cm³/mol. The Balaban J connectivity index is 1.96. The van der Waals surface area contributed by atoms with E-state index < -0.39 is 0 Å². The molecule has 1 saturated heterocycles. The van der Waals surface area contributed by atoms with Crippen LogP contribution in [0.25, 0.3) is 0 Å². The average molecular weight is 267 g/mol. The first kappa shape index (κ1) is 14.8. The van der Waals surface area contributed by atoms with Gasteiger partial charge in [-0.1, -0.05) is 6.92 Å². The molecule has 2 rings (SSSR count). The van der Waals surface area contributed by atoms with Crippen LogP contribution in [0.1, 0.15) is 40.0 Å². The van der Waals surface area contributed by atoms with Crippen LogP contribution in [-0.4, -0.2) is 54.0 Å². The number of carbonyl (C=O) groups excluding carboxylic acids is 1. The second-order valence-electron chi connectivity index (χ2n) is 6.76. The maximum absolute atomic E-state index is 12.7. The molecule has 19 heavy (non-hydrogen) atoms. The van der Waals surface area contributed by atoms with Gasteiger partial charge in [0.15, 0.2) is 0 Å². The van der Waals surface area contributed by atoms with E-state index in [4.69, 9.17) is 5.73 Å². The quantitative estimate of drug-likeness (QED) is 0.779. The van der Waals surface area contributed by atoms with Crippen LogP contribution >= 0.6 is 0 Å². The number of likely N-dealkylation sites (N-methyl/N-ethyl adjacent to an activating group) is 1. The molecule has 1 aliphatic heterocycles. The zero-order valence-corrected chi connectivity index (χ0v) is 12.8. The van der Waals surface area contributed by atoms with Gasteiger partial charge in [0.05, 0.1) is 0 Å². The Morgan fingerprint density at radius 2 is 1.68 bits per heavy atom. The summed E-state index contributed by atoms with van der Waals surface area (Å²) in [6.07, 6.45) is 2.94. The number of nitrogens with two attached hydrogens (primary N) is 1. The van der Waals surface area contributed by atoms with Gasteiger partial charge in [-0.2, -0.15) is 0 Å². The van der Waals surface area contributed by atoms with Crippen molar-refractivity contribution in [2.75, 3.05) is 20.1 Å². The van der Waals surface area contributed by atoms with Crippen molar-refractivity contribution in [1.82, 2.24) is 9.80 Å². The van der Waals surface area contributed by atoms with Crippen LogP contribution in [0.4, 0.5) is 0 Å². The molecule has 0 aromatic heterocycles. The average Bonchev–Trinajstić information content (AvgIpc) is 2.37. The number of hydrogen-bond acceptors (Lipinski definition) is 3. The van der Waals surface area contributed by atoms with Crippen LogP contribution in [0.5, 0.6) is 0 Å². The molecule has 2 fully saturated rings. The Kier molecular flexibility index (Phi) is 4.51. The van der Waals surface area contributed by atoms with Crippen molar-refractivity contribution in [3.63, 3.8) is 0 Å². The number of nitrogens with zero attached hydrogens (tertiary/aromatic N) is 2. The predicted octanol–water partition coefficient (Wildman–Crippen LogP) is 1.30. The molecular formula is C15H29N3O. The molecule has 110 valence electrons. The number of rotatable bonds is 1. The minimum Gasteiger partial charge on any atom is -0.339 e. The van der Waals surface area contributed by atoms with E-state index in [2.05, 4.69) is 37.6 Å². The molecule has 0 aromatic carbocycles. The zero-order chi connectivity index (χ0) is 14.2. The summed E-state index contributed by atoms with van der Waals surface area (Å²) in [5, 5.41) is 0. The third kappa shape index (κ3) is 3.11. The SMILES string of the molecule is CC1CC(C(=O)N2CC(C)N(C)C(C)C2)CCC1N. The number of piperazine rings is 1. The Bertz CT molecular complexity index is 321. The van der Waals surface area contributed by atoms with Crippen LogP contribution in [0.3, 0.4) is 0 Å². The smallest absolute Gasteiger partial charge is 0.225 e. The second-order valence-corrected chi connectivity index (χ2v) is 6.76. The van der Waals surface area contributed by atoms with Crippen molar-refractivity contribution in [2.45, 2.75) is 58.2 Å². The molecule has 1 amide bonds. The van der Waals surface area contributed by atoms with Crippen molar-refractivity contribution in [1.29, 1.82) is 0 Å². The Morgan fingerprint density at radius 1 is 1.11 bits per heavy atom. The van der Waals surface area contributed by atoms with Gasteiger partial charge in [-0.25, -0.2) is 0 Å². The topological polar surface area (TPSA) is 49.6 Å². The summed E-state index contributed by atoms with van der Waals surface area (Å²) in [5.74, 6) is 1.05. The molecule has 5 unspecified atom stereocenters. The van der Waals surface area contributed by atoms with Gasteiger partial charge < -0.3 is 10.6 Å². The van der Waals surface area contributed by atoms with E-state index in [0.29, 0.717) is 23.9 Å². The number of carbonyl (C=O) groups is 1. The highest BCUT2D eigenvalue weighted by Gasteiger charge is 2.35. The normalized spacial score (nSPS) is 41.3. The molecule has 0 radical (unpaired) electrons. The Hall–Kier alpha value is -0.610. The first-order valence-electron chi connectivity index (χ1n) is 7.66. The fourth-order valence-electron chi connectivity index (χ4n) is 3.49. The summed E-state index contributed by atoms with van der Waals surface area (Å²) in [6, 6.07) is 1.20. The molecule has 0 bridgehead atoms. The summed E-state index contributed by atoms with van der Waals surface area (Å²) in [5.41, 5.74) is 6.05. The van der Waals surface area contributed by atoms with E-state index in [0.717, 1.165) is 32.4 Å². The first-order chi connectivity index (χ1) is 8.90. The molecule has 2 aliphatic rings. The van der Waals surface area contributed by atoms with Gasteiger partial charge >= 0.3 is 0 Å². The minimum atomic E-state index is 0.206. The summed E-state index contributed by atoms with van der Waals surface area (Å²) in [6.45, 7) is 8.33. The van der Waals surface area contributed by atoms with Gasteiger partial charge in [-0.15, -0.1) is 0 Å².